The largest absolute Gasteiger partial charge is 0.481 e. The number of nitrogen functional groups attached to an aromatic ring is 1. The Morgan fingerprint density at radius 3 is 2.68 bits per heavy atom. The van der Waals surface area contributed by atoms with E-state index in [0.29, 0.717) is 63.9 Å². The molecule has 10 nitrogen and oxygen atoms in total. The van der Waals surface area contributed by atoms with Gasteiger partial charge in [-0.3, -0.25) is 14.7 Å². The van der Waals surface area contributed by atoms with Gasteiger partial charge in [0.25, 0.3) is 5.56 Å². The number of nitrogens with two attached hydrogens (primary N) is 1. The first kappa shape index (κ1) is 23.2. The van der Waals surface area contributed by atoms with Crippen molar-refractivity contribution in [1.82, 2.24) is 25.1 Å². The lowest BCUT2D eigenvalue weighted by atomic mass is 9.97. The molecular formula is C26H22BrN7O3. The van der Waals surface area contributed by atoms with Crippen LogP contribution in [0.2, 0.25) is 0 Å². The maximum Gasteiger partial charge on any atom is 0.306 e. The van der Waals surface area contributed by atoms with Crippen LogP contribution >= 0.6 is 15.9 Å². The molecule has 1 aliphatic heterocycles. The number of hydrogen-bond acceptors (Lipinski definition) is 7. The van der Waals surface area contributed by atoms with Crippen LogP contribution in [0.4, 0.5) is 11.5 Å². The maximum absolute atomic E-state index is 13.3. The van der Waals surface area contributed by atoms with Gasteiger partial charge in [-0.05, 0) is 58.6 Å². The second-order valence-electron chi connectivity index (χ2n) is 9.10. The monoisotopic (exact) mass is 559 g/mol. The van der Waals surface area contributed by atoms with Gasteiger partial charge in [0.05, 0.1) is 34.2 Å². The zero-order valence-corrected chi connectivity index (χ0v) is 21.1. The van der Waals surface area contributed by atoms with Crippen LogP contribution in [0.1, 0.15) is 12.8 Å². The van der Waals surface area contributed by atoms with Gasteiger partial charge in [-0.25, -0.2) is 9.97 Å². The second kappa shape index (κ2) is 9.00. The summed E-state index contributed by atoms with van der Waals surface area (Å²) < 4.78 is 0.644. The van der Waals surface area contributed by atoms with Crippen LogP contribution < -0.4 is 16.2 Å². The Morgan fingerprint density at radius 1 is 1.14 bits per heavy atom. The van der Waals surface area contributed by atoms with Gasteiger partial charge in [-0.15, -0.1) is 0 Å². The molecule has 0 bridgehead atoms. The average molecular weight is 560 g/mol. The van der Waals surface area contributed by atoms with E-state index >= 15 is 0 Å². The van der Waals surface area contributed by atoms with Gasteiger partial charge >= 0.3 is 5.97 Å². The van der Waals surface area contributed by atoms with Crippen LogP contribution in [0.25, 0.3) is 44.3 Å². The Kier molecular flexibility index (Phi) is 5.64. The van der Waals surface area contributed by atoms with Gasteiger partial charge < -0.3 is 20.7 Å². The molecule has 0 spiro atoms. The molecule has 1 saturated heterocycles. The van der Waals surface area contributed by atoms with Crippen molar-refractivity contribution in [1.29, 1.82) is 0 Å². The number of benzene rings is 2. The fraction of sp³-hybridized carbons (Fsp3) is 0.192. The molecule has 6 rings (SSSR count). The maximum atomic E-state index is 13.3. The predicted molar refractivity (Wildman–Crippen MR) is 145 cm³/mol. The van der Waals surface area contributed by atoms with E-state index in [9.17, 15) is 14.7 Å². The summed E-state index contributed by atoms with van der Waals surface area (Å²) in [5.41, 5.74) is 10.1. The number of carboxylic acid groups (broad SMARTS) is 1. The molecule has 4 heterocycles. The van der Waals surface area contributed by atoms with Crippen LogP contribution in [-0.4, -0.2) is 49.3 Å². The number of carboxylic acids is 1. The molecule has 0 radical (unpaired) electrons. The van der Waals surface area contributed by atoms with Crippen LogP contribution in [0.15, 0.2) is 58.1 Å². The smallest absolute Gasteiger partial charge is 0.306 e. The number of aromatic amines is 2. The number of halogens is 1. The molecule has 5 N–H and O–H groups in total. The van der Waals surface area contributed by atoms with Crippen molar-refractivity contribution in [3.05, 3.63) is 63.6 Å². The summed E-state index contributed by atoms with van der Waals surface area (Å²) in [7, 11) is 0. The number of pyridine rings is 1. The third-order valence-corrected chi connectivity index (χ3v) is 7.55. The first-order chi connectivity index (χ1) is 17.9. The molecular weight excluding hydrogens is 538 g/mol. The number of nitrogens with one attached hydrogen (secondary N) is 2. The first-order valence-electron chi connectivity index (χ1n) is 11.8. The standard InChI is InChI=1S/C26H22BrN7O3/c27-18-10-16(15-2-1-3-19-17(15)12-30-33-19)22(28)21-23(18)31-24(32-25(21)35)14-4-5-20(29-11-14)34-8-6-13(7-9-34)26(36)37/h1-5,10-13H,6-9,28H2,(H,30,33)(H,36,37)(H,31,32,35). The Labute approximate surface area is 218 Å². The Bertz CT molecular complexity index is 1720. The normalized spacial score (nSPS) is 14.5. The van der Waals surface area contributed by atoms with E-state index in [1.165, 1.54) is 0 Å². The minimum atomic E-state index is -0.744. The zero-order valence-electron chi connectivity index (χ0n) is 19.5. The summed E-state index contributed by atoms with van der Waals surface area (Å²) in [5.74, 6) is 0.0956. The SMILES string of the molecule is Nc1c(-c2cccc3[nH]ncc23)cc(Br)c2nc(-c3ccc(N4CCC(C(=O)O)CC4)nc3)[nH]c(=O)c12. The second-order valence-corrected chi connectivity index (χ2v) is 9.95. The van der Waals surface area contributed by atoms with E-state index in [0.717, 1.165) is 22.3 Å². The van der Waals surface area contributed by atoms with E-state index in [4.69, 9.17) is 10.7 Å². The van der Waals surface area contributed by atoms with Crippen LogP contribution in [0, 0.1) is 5.92 Å². The summed E-state index contributed by atoms with van der Waals surface area (Å²) in [5, 5.41) is 17.5. The zero-order chi connectivity index (χ0) is 25.7. The van der Waals surface area contributed by atoms with E-state index in [1.54, 1.807) is 12.4 Å². The van der Waals surface area contributed by atoms with Crippen molar-refractivity contribution in [2.24, 2.45) is 5.92 Å². The first-order valence-corrected chi connectivity index (χ1v) is 12.6. The number of rotatable bonds is 4. The average Bonchev–Trinajstić information content (AvgIpc) is 3.40. The quantitative estimate of drug-likeness (QED) is 0.239. The topological polar surface area (TPSA) is 154 Å². The number of aliphatic carboxylic acids is 1. The number of fused-ring (bicyclic) bond motifs is 2. The van der Waals surface area contributed by atoms with Gasteiger partial charge in [0.15, 0.2) is 0 Å². The van der Waals surface area contributed by atoms with E-state index in [-0.39, 0.29) is 11.5 Å². The molecule has 186 valence electrons. The van der Waals surface area contributed by atoms with Crippen molar-refractivity contribution in [3.8, 4) is 22.5 Å². The molecule has 2 aromatic carbocycles. The molecule has 0 saturated carbocycles. The molecule has 0 unspecified atom stereocenters. The predicted octanol–water partition coefficient (Wildman–Crippen LogP) is 4.17. The number of anilines is 2. The summed E-state index contributed by atoms with van der Waals surface area (Å²) >= 11 is 3.60. The van der Waals surface area contributed by atoms with Crippen molar-refractivity contribution in [2.75, 3.05) is 23.7 Å². The lowest BCUT2D eigenvalue weighted by molar-refractivity contribution is -0.142. The summed E-state index contributed by atoms with van der Waals surface area (Å²) in [4.78, 5) is 38.6. The molecule has 3 aromatic heterocycles. The number of hydrogen-bond donors (Lipinski definition) is 4. The van der Waals surface area contributed by atoms with Gasteiger partial charge in [0.2, 0.25) is 0 Å². The van der Waals surface area contributed by atoms with Crippen molar-refractivity contribution in [3.63, 3.8) is 0 Å². The molecule has 1 aliphatic rings. The highest BCUT2D eigenvalue weighted by Gasteiger charge is 2.25. The Hall–Kier alpha value is -4.25. The number of nitrogens with zero attached hydrogens (tertiary/aromatic N) is 4. The van der Waals surface area contributed by atoms with Crippen molar-refractivity contribution >= 4 is 55.2 Å². The fourth-order valence-corrected chi connectivity index (χ4v) is 5.45. The Balaban J connectivity index is 1.36. The van der Waals surface area contributed by atoms with Gasteiger partial charge in [-0.1, -0.05) is 12.1 Å². The minimum absolute atomic E-state index is 0.304. The van der Waals surface area contributed by atoms with E-state index in [2.05, 4.69) is 41.0 Å². The fourth-order valence-electron chi connectivity index (χ4n) is 4.93. The minimum Gasteiger partial charge on any atom is -0.481 e. The summed E-state index contributed by atoms with van der Waals surface area (Å²) in [6.45, 7) is 1.27. The number of piperidine rings is 1. The van der Waals surface area contributed by atoms with E-state index in [1.807, 2.05) is 36.4 Å². The van der Waals surface area contributed by atoms with Crippen molar-refractivity contribution < 1.29 is 9.90 Å². The number of aromatic nitrogens is 5. The molecule has 0 aliphatic carbocycles. The third-order valence-electron chi connectivity index (χ3n) is 6.94. The summed E-state index contributed by atoms with van der Waals surface area (Å²) in [6, 6.07) is 11.4. The lowest BCUT2D eigenvalue weighted by Crippen LogP contribution is -2.36. The summed E-state index contributed by atoms with van der Waals surface area (Å²) in [6.07, 6.45) is 4.57. The molecule has 0 atom stereocenters. The number of H-pyrrole nitrogens is 2. The molecule has 1 fully saturated rings. The highest BCUT2D eigenvalue weighted by molar-refractivity contribution is 9.10. The van der Waals surface area contributed by atoms with Crippen LogP contribution in [-0.2, 0) is 4.79 Å². The molecule has 37 heavy (non-hydrogen) atoms. The molecule has 11 heteroatoms. The Morgan fingerprint density at radius 2 is 1.95 bits per heavy atom. The highest BCUT2D eigenvalue weighted by Crippen LogP contribution is 2.38. The lowest BCUT2D eigenvalue weighted by Gasteiger charge is -2.31. The number of carbonyl (C=O) groups is 1. The van der Waals surface area contributed by atoms with Gasteiger partial charge in [-0.2, -0.15) is 5.10 Å². The van der Waals surface area contributed by atoms with Gasteiger partial charge in [0, 0.05) is 40.3 Å². The van der Waals surface area contributed by atoms with Crippen molar-refractivity contribution in [2.45, 2.75) is 12.8 Å². The molecule has 0 amide bonds. The van der Waals surface area contributed by atoms with Gasteiger partial charge in [0.1, 0.15) is 11.6 Å². The van der Waals surface area contributed by atoms with E-state index < -0.39 is 5.97 Å². The van der Waals surface area contributed by atoms with Crippen LogP contribution in [0.5, 0.6) is 0 Å². The highest BCUT2D eigenvalue weighted by atomic mass is 79.9. The third kappa shape index (κ3) is 4.01. The van der Waals surface area contributed by atoms with Crippen LogP contribution in [0.3, 0.4) is 0 Å². The molecule has 5 aromatic rings.